The first kappa shape index (κ1) is 14.9. The third kappa shape index (κ3) is 3.73. The van der Waals surface area contributed by atoms with Crippen LogP contribution in [0, 0.1) is 5.92 Å². The zero-order chi connectivity index (χ0) is 14.0. The number of carbonyl (C=O) groups excluding carboxylic acids is 1. The van der Waals surface area contributed by atoms with Gasteiger partial charge in [0.2, 0.25) is 5.91 Å². The van der Waals surface area contributed by atoms with Gasteiger partial charge in [0.1, 0.15) is 0 Å². The van der Waals surface area contributed by atoms with Crippen LogP contribution in [0.15, 0.2) is 22.7 Å². The van der Waals surface area contributed by atoms with Crippen LogP contribution >= 0.6 is 27.5 Å². The first-order chi connectivity index (χ1) is 8.90. The summed E-state index contributed by atoms with van der Waals surface area (Å²) in [5.74, 6) is 0.739. The van der Waals surface area contributed by atoms with E-state index in [0.717, 1.165) is 28.8 Å². The van der Waals surface area contributed by atoms with Gasteiger partial charge in [0, 0.05) is 16.4 Å². The van der Waals surface area contributed by atoms with Crippen molar-refractivity contribution in [3.63, 3.8) is 0 Å². The van der Waals surface area contributed by atoms with E-state index in [1.807, 2.05) is 12.1 Å². The molecule has 1 aromatic carbocycles. The quantitative estimate of drug-likeness (QED) is 0.865. The highest BCUT2D eigenvalue weighted by Crippen LogP contribution is 2.33. The molecule has 0 aliphatic carbocycles. The Morgan fingerprint density at radius 3 is 2.74 bits per heavy atom. The largest absolute Gasteiger partial charge is 0.350 e. The zero-order valence-electron chi connectivity index (χ0n) is 11.3. The summed E-state index contributed by atoms with van der Waals surface area (Å²) >= 11 is 9.48. The van der Waals surface area contributed by atoms with Crippen molar-refractivity contribution in [3.8, 4) is 0 Å². The summed E-state index contributed by atoms with van der Waals surface area (Å²) in [4.78, 5) is 11.6. The van der Waals surface area contributed by atoms with Gasteiger partial charge in [-0.2, -0.15) is 0 Å². The molecule has 0 spiro atoms. The van der Waals surface area contributed by atoms with Crippen molar-refractivity contribution in [2.45, 2.75) is 45.1 Å². The van der Waals surface area contributed by atoms with Crippen molar-refractivity contribution < 1.29 is 4.79 Å². The monoisotopic (exact) mass is 343 g/mol. The first-order valence-corrected chi connectivity index (χ1v) is 7.82. The van der Waals surface area contributed by atoms with Gasteiger partial charge in [-0.25, -0.2) is 0 Å². The normalized spacial score (nSPS) is 22.9. The lowest BCUT2D eigenvalue weighted by atomic mass is 9.82. The molecule has 1 fully saturated rings. The molecule has 1 N–H and O–H groups in total. The van der Waals surface area contributed by atoms with Crippen molar-refractivity contribution in [3.05, 3.63) is 33.3 Å². The maximum atomic E-state index is 11.6. The van der Waals surface area contributed by atoms with E-state index in [2.05, 4.69) is 41.2 Å². The summed E-state index contributed by atoms with van der Waals surface area (Å²) in [7, 11) is 0. The molecule has 104 valence electrons. The molecule has 1 aliphatic heterocycles. The maximum Gasteiger partial charge on any atom is 0.220 e. The van der Waals surface area contributed by atoms with Crippen molar-refractivity contribution >= 4 is 33.4 Å². The van der Waals surface area contributed by atoms with Crippen LogP contribution in [0.2, 0.25) is 5.02 Å². The molecule has 2 nitrogen and oxygen atoms in total. The second kappa shape index (κ2) is 5.84. The van der Waals surface area contributed by atoms with Crippen molar-refractivity contribution in [1.29, 1.82) is 0 Å². The van der Waals surface area contributed by atoms with Crippen LogP contribution in [0.25, 0.3) is 0 Å². The number of carbonyl (C=O) groups is 1. The molecular weight excluding hydrogens is 326 g/mol. The fraction of sp³-hybridized carbons (Fsp3) is 0.533. The van der Waals surface area contributed by atoms with E-state index < -0.39 is 0 Å². The van der Waals surface area contributed by atoms with E-state index in [0.29, 0.717) is 12.3 Å². The molecule has 1 aromatic rings. The van der Waals surface area contributed by atoms with Crippen LogP contribution in [0.3, 0.4) is 0 Å². The van der Waals surface area contributed by atoms with E-state index in [1.54, 1.807) is 0 Å². The van der Waals surface area contributed by atoms with Crippen LogP contribution in [-0.4, -0.2) is 11.4 Å². The highest BCUT2D eigenvalue weighted by atomic mass is 79.9. The summed E-state index contributed by atoms with van der Waals surface area (Å²) in [6.45, 7) is 4.40. The van der Waals surface area contributed by atoms with Gasteiger partial charge in [0.15, 0.2) is 0 Å². The van der Waals surface area contributed by atoms with E-state index in [4.69, 9.17) is 11.6 Å². The Morgan fingerprint density at radius 2 is 2.21 bits per heavy atom. The molecule has 1 atom stereocenters. The lowest BCUT2D eigenvalue weighted by Gasteiger charge is -2.31. The third-order valence-corrected chi connectivity index (χ3v) is 4.77. The molecule has 19 heavy (non-hydrogen) atoms. The second-order valence-corrected chi connectivity index (χ2v) is 7.11. The molecule has 0 radical (unpaired) electrons. The fourth-order valence-electron chi connectivity index (χ4n) is 2.95. The van der Waals surface area contributed by atoms with Crippen LogP contribution < -0.4 is 5.32 Å². The van der Waals surface area contributed by atoms with E-state index in [-0.39, 0.29) is 11.4 Å². The van der Waals surface area contributed by atoms with Gasteiger partial charge < -0.3 is 5.32 Å². The minimum Gasteiger partial charge on any atom is -0.350 e. The van der Waals surface area contributed by atoms with Gasteiger partial charge in [-0.1, -0.05) is 31.5 Å². The Balaban J connectivity index is 2.20. The number of rotatable bonds is 4. The molecule has 0 bridgehead atoms. The first-order valence-electron chi connectivity index (χ1n) is 6.65. The van der Waals surface area contributed by atoms with Crippen LogP contribution in [0.5, 0.6) is 0 Å². The van der Waals surface area contributed by atoms with Gasteiger partial charge >= 0.3 is 0 Å². The number of benzene rings is 1. The van der Waals surface area contributed by atoms with Gasteiger partial charge in [0.25, 0.3) is 0 Å². The predicted molar refractivity (Wildman–Crippen MR) is 82.4 cm³/mol. The van der Waals surface area contributed by atoms with E-state index >= 15 is 0 Å². The van der Waals surface area contributed by atoms with Gasteiger partial charge in [-0.05, 0) is 58.8 Å². The molecule has 2 rings (SSSR count). The zero-order valence-corrected chi connectivity index (χ0v) is 13.6. The summed E-state index contributed by atoms with van der Waals surface area (Å²) in [5, 5.41) is 3.91. The molecule has 1 aliphatic rings. The van der Waals surface area contributed by atoms with Crippen LogP contribution in [-0.2, 0) is 11.2 Å². The lowest BCUT2D eigenvalue weighted by molar-refractivity contribution is -0.119. The molecule has 1 saturated heterocycles. The summed E-state index contributed by atoms with van der Waals surface area (Å²) in [6, 6.07) is 6.00. The number of nitrogens with one attached hydrogen (secondary N) is 1. The Labute approximate surface area is 128 Å². The molecule has 1 heterocycles. The minimum absolute atomic E-state index is 0.0848. The van der Waals surface area contributed by atoms with Crippen LogP contribution in [0.1, 0.15) is 38.7 Å². The van der Waals surface area contributed by atoms with Crippen LogP contribution in [0.4, 0.5) is 0 Å². The number of hydrogen-bond acceptors (Lipinski definition) is 1. The molecule has 4 heteroatoms. The molecular formula is C15H19BrClNO. The Kier molecular flexibility index (Phi) is 4.57. The molecule has 1 amide bonds. The number of amides is 1. The Bertz CT molecular complexity index is 489. The second-order valence-electron chi connectivity index (χ2n) is 5.85. The van der Waals surface area contributed by atoms with Crippen molar-refractivity contribution in [2.24, 2.45) is 5.92 Å². The lowest BCUT2D eigenvalue weighted by Crippen LogP contribution is -2.44. The Hall–Kier alpha value is -0.540. The van der Waals surface area contributed by atoms with Gasteiger partial charge in [-0.15, -0.1) is 0 Å². The minimum atomic E-state index is -0.0848. The number of halogens is 2. The molecule has 1 unspecified atom stereocenters. The summed E-state index contributed by atoms with van der Waals surface area (Å²) in [5.41, 5.74) is 1.12. The number of hydrogen-bond donors (Lipinski definition) is 1. The highest BCUT2D eigenvalue weighted by Gasteiger charge is 2.38. The third-order valence-electron chi connectivity index (χ3n) is 3.56. The molecule has 0 aromatic heterocycles. The summed E-state index contributed by atoms with van der Waals surface area (Å²) < 4.78 is 0.913. The maximum absolute atomic E-state index is 11.6. The Morgan fingerprint density at radius 1 is 1.47 bits per heavy atom. The SMILES string of the molecule is CC(C)CC1(Cc2ccc(Cl)c(Br)c2)CCC(=O)N1. The van der Waals surface area contributed by atoms with Gasteiger partial charge in [-0.3, -0.25) is 4.79 Å². The average molecular weight is 345 g/mol. The average Bonchev–Trinajstić information content (AvgIpc) is 2.64. The highest BCUT2D eigenvalue weighted by molar-refractivity contribution is 9.10. The standard InChI is InChI=1S/C15H19BrClNO/c1-10(2)8-15(6-5-14(19)18-15)9-11-3-4-13(17)12(16)7-11/h3-4,7,10H,5-6,8-9H2,1-2H3,(H,18,19). The van der Waals surface area contributed by atoms with E-state index in [1.165, 1.54) is 5.56 Å². The summed E-state index contributed by atoms with van der Waals surface area (Å²) in [6.07, 6.45) is 3.44. The van der Waals surface area contributed by atoms with Crippen molar-refractivity contribution in [2.75, 3.05) is 0 Å². The smallest absolute Gasteiger partial charge is 0.220 e. The van der Waals surface area contributed by atoms with E-state index in [9.17, 15) is 4.79 Å². The predicted octanol–water partition coefficient (Wildman–Crippen LogP) is 4.34. The molecule has 0 saturated carbocycles. The topological polar surface area (TPSA) is 29.1 Å². The van der Waals surface area contributed by atoms with Crippen molar-refractivity contribution in [1.82, 2.24) is 5.32 Å². The van der Waals surface area contributed by atoms with Gasteiger partial charge in [0.05, 0.1) is 5.02 Å². The fourth-order valence-corrected chi connectivity index (χ4v) is 3.50.